The van der Waals surface area contributed by atoms with E-state index in [0.29, 0.717) is 33.2 Å². The van der Waals surface area contributed by atoms with E-state index in [2.05, 4.69) is 27.0 Å². The molecule has 3 aromatic rings. The van der Waals surface area contributed by atoms with E-state index in [1.165, 1.54) is 17.8 Å². The van der Waals surface area contributed by atoms with E-state index >= 15 is 0 Å². The molecule has 0 radical (unpaired) electrons. The van der Waals surface area contributed by atoms with Gasteiger partial charge in [0.1, 0.15) is 12.6 Å². The summed E-state index contributed by atoms with van der Waals surface area (Å²) in [5, 5.41) is 9.13. The maximum absolute atomic E-state index is 12.8. The summed E-state index contributed by atoms with van der Waals surface area (Å²) in [6.07, 6.45) is 4.93. The maximum Gasteiger partial charge on any atom is 0.338 e. The molecule has 0 spiro atoms. The van der Waals surface area contributed by atoms with E-state index in [-0.39, 0.29) is 6.61 Å². The Balaban J connectivity index is 1.67. The normalized spacial score (nSPS) is 15.2. The molecule has 1 unspecified atom stereocenters. The Morgan fingerprint density at radius 1 is 1.35 bits per heavy atom. The van der Waals surface area contributed by atoms with Gasteiger partial charge in [0.05, 0.1) is 5.57 Å². The smallest absolute Gasteiger partial charge is 0.338 e. The number of esters is 1. The van der Waals surface area contributed by atoms with Crippen LogP contribution in [-0.4, -0.2) is 32.3 Å². The van der Waals surface area contributed by atoms with Crippen LogP contribution in [0.15, 0.2) is 77.9 Å². The van der Waals surface area contributed by atoms with Crippen molar-refractivity contribution in [2.45, 2.75) is 23.9 Å². The van der Waals surface area contributed by atoms with E-state index < -0.39 is 12.0 Å². The summed E-state index contributed by atoms with van der Waals surface area (Å²) in [5.41, 5.74) is 2.92. The third-order valence-corrected chi connectivity index (χ3v) is 5.96. The molecule has 0 fully saturated rings. The molecule has 3 heterocycles. The predicted molar refractivity (Wildman–Crippen MR) is 121 cm³/mol. The van der Waals surface area contributed by atoms with Crippen LogP contribution < -0.4 is 5.32 Å². The minimum Gasteiger partial charge on any atom is -0.458 e. The van der Waals surface area contributed by atoms with Crippen molar-refractivity contribution in [1.29, 1.82) is 0 Å². The van der Waals surface area contributed by atoms with E-state index in [0.717, 1.165) is 11.1 Å². The zero-order valence-corrected chi connectivity index (χ0v) is 18.4. The van der Waals surface area contributed by atoms with E-state index in [9.17, 15) is 4.79 Å². The van der Waals surface area contributed by atoms with Crippen molar-refractivity contribution in [1.82, 2.24) is 19.7 Å². The SMILES string of the molecule is C=CCOC(=O)C1=C(C)Nc2nc(SCc3ccccc3Cl)nn2C1c1cccnc1. The highest BCUT2D eigenvalue weighted by atomic mass is 35.5. The second-order valence-electron chi connectivity index (χ2n) is 6.78. The molecule has 7 nitrogen and oxygen atoms in total. The van der Waals surface area contributed by atoms with Gasteiger partial charge in [-0.3, -0.25) is 4.98 Å². The van der Waals surface area contributed by atoms with Gasteiger partial charge >= 0.3 is 5.97 Å². The van der Waals surface area contributed by atoms with Crippen LogP contribution in [0.5, 0.6) is 0 Å². The van der Waals surface area contributed by atoms with Crippen molar-refractivity contribution < 1.29 is 9.53 Å². The zero-order valence-electron chi connectivity index (χ0n) is 16.8. The molecule has 0 amide bonds. The highest BCUT2D eigenvalue weighted by Gasteiger charge is 2.35. The fourth-order valence-electron chi connectivity index (χ4n) is 3.27. The third-order valence-electron chi connectivity index (χ3n) is 4.70. The van der Waals surface area contributed by atoms with Crippen molar-refractivity contribution in [2.75, 3.05) is 11.9 Å². The number of fused-ring (bicyclic) bond motifs is 1. The Labute approximate surface area is 189 Å². The van der Waals surface area contributed by atoms with Crippen molar-refractivity contribution in [2.24, 2.45) is 0 Å². The zero-order chi connectivity index (χ0) is 21.8. The minimum atomic E-state index is -0.510. The average Bonchev–Trinajstić information content (AvgIpc) is 3.18. The second kappa shape index (κ2) is 9.36. The first-order chi connectivity index (χ1) is 15.1. The number of anilines is 1. The van der Waals surface area contributed by atoms with Crippen LogP contribution in [0.2, 0.25) is 5.02 Å². The number of benzene rings is 1. The van der Waals surface area contributed by atoms with Gasteiger partial charge in [0, 0.05) is 28.9 Å². The van der Waals surface area contributed by atoms with Crippen LogP contribution >= 0.6 is 23.4 Å². The molecular weight excluding hydrogens is 434 g/mol. The molecule has 1 atom stereocenters. The molecule has 9 heteroatoms. The van der Waals surface area contributed by atoms with Crippen LogP contribution in [-0.2, 0) is 15.3 Å². The number of hydrogen-bond donors (Lipinski definition) is 1. The van der Waals surface area contributed by atoms with E-state index in [1.54, 1.807) is 17.1 Å². The molecule has 0 bridgehead atoms. The van der Waals surface area contributed by atoms with Gasteiger partial charge in [0.15, 0.2) is 0 Å². The standard InChI is InChI=1S/C22H20ClN5O2S/c1-3-11-30-20(29)18-14(2)25-21-26-22(31-13-16-7-4-5-9-17(16)23)27-28(21)19(18)15-8-6-10-24-12-15/h3-10,12,19H,1,11,13H2,2H3,(H,25,26,27). The number of allylic oxidation sites excluding steroid dienone is 1. The number of nitrogens with zero attached hydrogens (tertiary/aromatic N) is 4. The molecule has 0 saturated carbocycles. The van der Waals surface area contributed by atoms with Crippen molar-refractivity contribution >= 4 is 35.3 Å². The lowest BCUT2D eigenvalue weighted by atomic mass is 9.97. The molecule has 2 aromatic heterocycles. The number of thioether (sulfide) groups is 1. The van der Waals surface area contributed by atoms with Gasteiger partial charge in [-0.05, 0) is 30.2 Å². The lowest BCUT2D eigenvalue weighted by Gasteiger charge is -2.27. The maximum atomic E-state index is 12.8. The summed E-state index contributed by atoms with van der Waals surface area (Å²) >= 11 is 7.74. The number of aromatic nitrogens is 4. The number of carbonyl (C=O) groups excluding carboxylic acids is 1. The second-order valence-corrected chi connectivity index (χ2v) is 8.13. The Kier molecular flexibility index (Phi) is 6.39. The van der Waals surface area contributed by atoms with Crippen LogP contribution in [0.3, 0.4) is 0 Å². The Morgan fingerprint density at radius 3 is 2.94 bits per heavy atom. The van der Waals surface area contributed by atoms with Crippen molar-refractivity contribution in [3.05, 3.63) is 88.9 Å². The number of hydrogen-bond acceptors (Lipinski definition) is 7. The largest absolute Gasteiger partial charge is 0.458 e. The highest BCUT2D eigenvalue weighted by Crippen LogP contribution is 2.37. The molecule has 0 saturated heterocycles. The number of rotatable bonds is 7. The van der Waals surface area contributed by atoms with E-state index in [4.69, 9.17) is 16.3 Å². The molecule has 1 N–H and O–H groups in total. The predicted octanol–water partition coefficient (Wildman–Crippen LogP) is 4.64. The van der Waals surface area contributed by atoms with Gasteiger partial charge in [-0.2, -0.15) is 4.98 Å². The number of pyridine rings is 1. The summed E-state index contributed by atoms with van der Waals surface area (Å²) < 4.78 is 7.03. The first-order valence-electron chi connectivity index (χ1n) is 9.57. The molecular formula is C22H20ClN5O2S. The lowest BCUT2D eigenvalue weighted by Crippen LogP contribution is -2.29. The number of halogens is 1. The van der Waals surface area contributed by atoms with Crippen molar-refractivity contribution in [3.63, 3.8) is 0 Å². The molecule has 0 aliphatic carbocycles. The molecule has 158 valence electrons. The van der Waals surface area contributed by atoms with E-state index in [1.807, 2.05) is 43.3 Å². The van der Waals surface area contributed by atoms with Gasteiger partial charge in [-0.15, -0.1) is 5.10 Å². The third kappa shape index (κ3) is 4.50. The quantitative estimate of drug-likeness (QED) is 0.317. The lowest BCUT2D eigenvalue weighted by molar-refractivity contribution is -0.138. The molecule has 1 aromatic carbocycles. The molecule has 31 heavy (non-hydrogen) atoms. The summed E-state index contributed by atoms with van der Waals surface area (Å²) in [5.74, 6) is 0.736. The van der Waals surface area contributed by atoms with Crippen LogP contribution in [0.1, 0.15) is 24.1 Å². The fraction of sp³-hybridized carbons (Fsp3) is 0.182. The van der Waals surface area contributed by atoms with Gasteiger partial charge in [0.2, 0.25) is 11.1 Å². The first kappa shape index (κ1) is 21.1. The minimum absolute atomic E-state index is 0.124. The molecule has 4 rings (SSSR count). The van der Waals surface area contributed by atoms with Crippen LogP contribution in [0.25, 0.3) is 0 Å². The summed E-state index contributed by atoms with van der Waals surface area (Å²) in [7, 11) is 0. The Hall–Kier alpha value is -3.10. The molecule has 1 aliphatic rings. The van der Waals surface area contributed by atoms with Gasteiger partial charge < -0.3 is 10.1 Å². The highest BCUT2D eigenvalue weighted by molar-refractivity contribution is 7.98. The number of nitrogens with one attached hydrogen (secondary N) is 1. The van der Waals surface area contributed by atoms with Gasteiger partial charge in [-0.25, -0.2) is 9.48 Å². The molecule has 1 aliphatic heterocycles. The Morgan fingerprint density at radius 2 is 2.19 bits per heavy atom. The number of ether oxygens (including phenoxy) is 1. The summed E-state index contributed by atoms with van der Waals surface area (Å²) in [4.78, 5) is 21.7. The number of carbonyl (C=O) groups is 1. The van der Waals surface area contributed by atoms with Crippen LogP contribution in [0, 0.1) is 0 Å². The van der Waals surface area contributed by atoms with Crippen LogP contribution in [0.4, 0.5) is 5.95 Å². The summed E-state index contributed by atoms with van der Waals surface area (Å²) in [6, 6.07) is 10.9. The Bertz CT molecular complexity index is 1150. The van der Waals surface area contributed by atoms with Gasteiger partial charge in [0.25, 0.3) is 0 Å². The fourth-order valence-corrected chi connectivity index (χ4v) is 4.39. The monoisotopic (exact) mass is 453 g/mol. The van der Waals surface area contributed by atoms with Gasteiger partial charge in [-0.1, -0.05) is 60.3 Å². The summed E-state index contributed by atoms with van der Waals surface area (Å²) in [6.45, 7) is 5.55. The average molecular weight is 454 g/mol. The van der Waals surface area contributed by atoms with Crippen molar-refractivity contribution in [3.8, 4) is 0 Å². The topological polar surface area (TPSA) is 81.9 Å². The first-order valence-corrected chi connectivity index (χ1v) is 10.9.